The van der Waals surface area contributed by atoms with Crippen molar-refractivity contribution in [3.63, 3.8) is 0 Å². The highest BCUT2D eigenvalue weighted by Gasteiger charge is 2.20. The highest BCUT2D eigenvalue weighted by atomic mass is 79.9. The molecule has 0 bridgehead atoms. The van der Waals surface area contributed by atoms with Crippen molar-refractivity contribution in [2.75, 3.05) is 7.11 Å². The predicted molar refractivity (Wildman–Crippen MR) is 77.7 cm³/mol. The van der Waals surface area contributed by atoms with Crippen molar-refractivity contribution in [3.05, 3.63) is 28.2 Å². The zero-order chi connectivity index (χ0) is 13.7. The Morgan fingerprint density at radius 3 is 2.56 bits per heavy atom. The molecule has 0 spiro atoms. The molecule has 0 amide bonds. The summed E-state index contributed by atoms with van der Waals surface area (Å²) in [5.41, 5.74) is 6.96. The smallest absolute Gasteiger partial charge is 0.123 e. The fourth-order valence-electron chi connectivity index (χ4n) is 1.86. The Labute approximate surface area is 117 Å². The van der Waals surface area contributed by atoms with Gasteiger partial charge >= 0.3 is 0 Å². The third-order valence-electron chi connectivity index (χ3n) is 3.01. The monoisotopic (exact) mass is 315 g/mol. The van der Waals surface area contributed by atoms with E-state index in [1.54, 1.807) is 7.11 Å². The van der Waals surface area contributed by atoms with Crippen LogP contribution >= 0.6 is 15.9 Å². The first-order valence-corrected chi connectivity index (χ1v) is 7.02. The zero-order valence-corrected chi connectivity index (χ0v) is 12.8. The van der Waals surface area contributed by atoms with Gasteiger partial charge < -0.3 is 15.6 Å². The highest BCUT2D eigenvalue weighted by molar-refractivity contribution is 9.10. The topological polar surface area (TPSA) is 55.5 Å². The van der Waals surface area contributed by atoms with Crippen molar-refractivity contribution < 1.29 is 9.84 Å². The van der Waals surface area contributed by atoms with Crippen molar-refractivity contribution in [1.82, 2.24) is 0 Å². The van der Waals surface area contributed by atoms with Crippen molar-refractivity contribution in [2.45, 2.75) is 38.8 Å². The van der Waals surface area contributed by atoms with E-state index in [4.69, 9.17) is 10.5 Å². The molecule has 1 rings (SSSR count). The normalized spacial score (nSPS) is 14.6. The fraction of sp³-hybridized carbons (Fsp3) is 0.571. The van der Waals surface area contributed by atoms with Gasteiger partial charge in [0.2, 0.25) is 0 Å². The van der Waals surface area contributed by atoms with E-state index in [1.165, 1.54) is 0 Å². The Kier molecular flexibility index (Phi) is 6.12. The molecule has 1 aromatic carbocycles. The van der Waals surface area contributed by atoms with Gasteiger partial charge in [-0.3, -0.25) is 0 Å². The standard InChI is InChI=1S/C14H22BrNO2/c1-9(2)4-6-12(17)14(16)11-8-10(15)5-7-13(11)18-3/h5,7-9,12,14,17H,4,6,16H2,1-3H3/t12-,14+/m0/s1. The maximum absolute atomic E-state index is 10.1. The Bertz CT molecular complexity index is 382. The number of halogens is 1. The largest absolute Gasteiger partial charge is 0.496 e. The summed E-state index contributed by atoms with van der Waals surface area (Å²) in [6, 6.07) is 5.24. The number of rotatable bonds is 6. The van der Waals surface area contributed by atoms with Crippen LogP contribution in [0, 0.1) is 5.92 Å². The first kappa shape index (κ1) is 15.5. The van der Waals surface area contributed by atoms with E-state index in [-0.39, 0.29) is 0 Å². The van der Waals surface area contributed by atoms with Crippen LogP contribution < -0.4 is 10.5 Å². The minimum absolute atomic E-state index is 0.420. The lowest BCUT2D eigenvalue weighted by Crippen LogP contribution is -2.27. The minimum Gasteiger partial charge on any atom is -0.496 e. The van der Waals surface area contributed by atoms with Crippen LogP contribution in [0.15, 0.2) is 22.7 Å². The van der Waals surface area contributed by atoms with Gasteiger partial charge in [0, 0.05) is 10.0 Å². The van der Waals surface area contributed by atoms with Gasteiger partial charge in [0.25, 0.3) is 0 Å². The van der Waals surface area contributed by atoms with Gasteiger partial charge in [-0.25, -0.2) is 0 Å². The molecule has 3 N–H and O–H groups in total. The van der Waals surface area contributed by atoms with E-state index in [1.807, 2.05) is 18.2 Å². The van der Waals surface area contributed by atoms with E-state index in [0.717, 1.165) is 16.5 Å². The van der Waals surface area contributed by atoms with Gasteiger partial charge in [0.05, 0.1) is 19.3 Å². The maximum Gasteiger partial charge on any atom is 0.123 e. The Morgan fingerprint density at radius 2 is 2.00 bits per heavy atom. The average molecular weight is 316 g/mol. The molecule has 18 heavy (non-hydrogen) atoms. The Balaban J connectivity index is 2.81. The summed E-state index contributed by atoms with van der Waals surface area (Å²) in [5, 5.41) is 10.1. The average Bonchev–Trinajstić information content (AvgIpc) is 2.34. The number of benzene rings is 1. The Morgan fingerprint density at radius 1 is 1.33 bits per heavy atom. The van der Waals surface area contributed by atoms with Crippen molar-refractivity contribution >= 4 is 15.9 Å². The second-order valence-electron chi connectivity index (χ2n) is 4.95. The maximum atomic E-state index is 10.1. The van der Waals surface area contributed by atoms with Gasteiger partial charge in [-0.2, -0.15) is 0 Å². The number of methoxy groups -OCH3 is 1. The summed E-state index contributed by atoms with van der Waals surface area (Å²) < 4.78 is 6.22. The predicted octanol–water partition coefficient (Wildman–Crippen LogP) is 3.25. The number of hydrogen-bond acceptors (Lipinski definition) is 3. The van der Waals surface area contributed by atoms with E-state index in [2.05, 4.69) is 29.8 Å². The first-order chi connectivity index (χ1) is 8.45. The molecule has 0 radical (unpaired) electrons. The molecule has 0 fully saturated rings. The number of aliphatic hydroxyl groups excluding tert-OH is 1. The molecule has 4 heteroatoms. The molecule has 0 aromatic heterocycles. The Hall–Kier alpha value is -0.580. The lowest BCUT2D eigenvalue weighted by atomic mass is 9.95. The lowest BCUT2D eigenvalue weighted by molar-refractivity contribution is 0.127. The molecule has 0 saturated carbocycles. The summed E-state index contributed by atoms with van der Waals surface area (Å²) in [4.78, 5) is 0. The molecule has 0 aliphatic carbocycles. The fourth-order valence-corrected chi connectivity index (χ4v) is 2.24. The minimum atomic E-state index is -0.546. The summed E-state index contributed by atoms with van der Waals surface area (Å²) in [6.45, 7) is 4.27. The number of ether oxygens (including phenoxy) is 1. The molecule has 0 aliphatic heterocycles. The van der Waals surface area contributed by atoms with Crippen LogP contribution in [0.2, 0.25) is 0 Å². The van der Waals surface area contributed by atoms with E-state index >= 15 is 0 Å². The summed E-state index contributed by atoms with van der Waals surface area (Å²) >= 11 is 3.41. The van der Waals surface area contributed by atoms with Crippen molar-refractivity contribution in [2.24, 2.45) is 11.7 Å². The summed E-state index contributed by atoms with van der Waals surface area (Å²) in [6.07, 6.45) is 1.12. The SMILES string of the molecule is COc1ccc(Br)cc1[C@@H](N)[C@@H](O)CCC(C)C. The number of hydrogen-bond donors (Lipinski definition) is 2. The quantitative estimate of drug-likeness (QED) is 0.847. The third kappa shape index (κ3) is 4.26. The second kappa shape index (κ2) is 7.12. The van der Waals surface area contributed by atoms with Crippen molar-refractivity contribution in [1.29, 1.82) is 0 Å². The molecular formula is C14H22BrNO2. The molecule has 0 aliphatic rings. The van der Waals surface area contributed by atoms with E-state index in [9.17, 15) is 5.11 Å². The molecular weight excluding hydrogens is 294 g/mol. The third-order valence-corrected chi connectivity index (χ3v) is 3.50. The molecule has 0 unspecified atom stereocenters. The van der Waals surface area contributed by atoms with Gasteiger partial charge in [0.15, 0.2) is 0 Å². The van der Waals surface area contributed by atoms with Crippen LogP contribution in [0.3, 0.4) is 0 Å². The zero-order valence-electron chi connectivity index (χ0n) is 11.2. The molecule has 2 atom stereocenters. The van der Waals surface area contributed by atoms with Gasteiger partial charge in [-0.1, -0.05) is 29.8 Å². The van der Waals surface area contributed by atoms with Gasteiger partial charge in [-0.05, 0) is 37.0 Å². The number of aliphatic hydroxyl groups is 1. The lowest BCUT2D eigenvalue weighted by Gasteiger charge is -2.22. The van der Waals surface area contributed by atoms with Crippen LogP contribution in [0.1, 0.15) is 38.3 Å². The molecule has 0 saturated heterocycles. The first-order valence-electron chi connectivity index (χ1n) is 6.22. The van der Waals surface area contributed by atoms with Crippen LogP contribution in [0.4, 0.5) is 0 Å². The second-order valence-corrected chi connectivity index (χ2v) is 5.87. The molecule has 3 nitrogen and oxygen atoms in total. The van der Waals surface area contributed by atoms with Crippen LogP contribution in [-0.4, -0.2) is 18.3 Å². The summed E-state index contributed by atoms with van der Waals surface area (Å²) in [5.74, 6) is 1.28. The van der Waals surface area contributed by atoms with Gasteiger partial charge in [0.1, 0.15) is 5.75 Å². The van der Waals surface area contributed by atoms with Gasteiger partial charge in [-0.15, -0.1) is 0 Å². The van der Waals surface area contributed by atoms with Crippen LogP contribution in [0.5, 0.6) is 5.75 Å². The number of nitrogens with two attached hydrogens (primary N) is 1. The van der Waals surface area contributed by atoms with E-state index < -0.39 is 12.1 Å². The highest BCUT2D eigenvalue weighted by Crippen LogP contribution is 2.30. The van der Waals surface area contributed by atoms with Crippen molar-refractivity contribution in [3.8, 4) is 5.75 Å². The molecule has 0 heterocycles. The van der Waals surface area contributed by atoms with Crippen LogP contribution in [-0.2, 0) is 0 Å². The van der Waals surface area contributed by atoms with Crippen LogP contribution in [0.25, 0.3) is 0 Å². The van der Waals surface area contributed by atoms with E-state index in [0.29, 0.717) is 18.1 Å². The molecule has 102 valence electrons. The summed E-state index contributed by atoms with van der Waals surface area (Å²) in [7, 11) is 1.61. The molecule has 1 aromatic rings.